The number of para-hydroxylation sites is 1. The third kappa shape index (κ3) is 3.34. The Morgan fingerprint density at radius 3 is 2.28 bits per heavy atom. The number of hydrogen-bond donors (Lipinski definition) is 1. The van der Waals surface area contributed by atoms with E-state index in [0.29, 0.717) is 5.84 Å². The monoisotopic (exact) mass is 260 g/mol. The molecular weight excluding hydrogens is 244 g/mol. The predicted octanol–water partition coefficient (Wildman–Crippen LogP) is 3.71. The number of aliphatic imine (C=N–C) groups is 1. The lowest BCUT2D eigenvalue weighted by atomic mass is 10.1. The maximum atomic E-state index is 6.00. The lowest BCUT2D eigenvalue weighted by molar-refractivity contribution is 1.13. The van der Waals surface area contributed by atoms with E-state index in [2.05, 4.69) is 18.0 Å². The summed E-state index contributed by atoms with van der Waals surface area (Å²) >= 11 is 0. The van der Waals surface area contributed by atoms with Crippen molar-refractivity contribution in [2.75, 3.05) is 0 Å². The maximum absolute atomic E-state index is 6.00. The van der Waals surface area contributed by atoms with Crippen molar-refractivity contribution in [2.24, 2.45) is 10.7 Å². The molecule has 94 valence electrons. The van der Waals surface area contributed by atoms with Crippen molar-refractivity contribution < 1.29 is 0 Å². The number of nitrogens with zero attached hydrogens (tertiary/aromatic N) is 1. The van der Waals surface area contributed by atoms with Gasteiger partial charge < -0.3 is 5.73 Å². The van der Waals surface area contributed by atoms with Crippen molar-refractivity contribution in [1.29, 1.82) is 0 Å². The summed E-state index contributed by atoms with van der Waals surface area (Å²) in [7, 11) is 0. The zero-order valence-electron chi connectivity index (χ0n) is 10.3. The maximum Gasteiger partial charge on any atom is 0.131 e. The molecule has 18 heavy (non-hydrogen) atoms. The molecule has 0 heterocycles. The minimum absolute atomic E-state index is 0. The van der Waals surface area contributed by atoms with Crippen molar-refractivity contribution in [3.63, 3.8) is 0 Å². The number of hydrogen-bond acceptors (Lipinski definition) is 1. The standard InChI is InChI=1S/C15H16N2.ClH/c1-2-12-8-6-7-11-14(12)17-15(16)13-9-4-3-5-10-13;/h3-11H,2H2,1H3,(H2,16,17);1H. The zero-order valence-corrected chi connectivity index (χ0v) is 11.2. The molecule has 2 aromatic rings. The van der Waals surface area contributed by atoms with Crippen LogP contribution in [0.2, 0.25) is 0 Å². The SMILES string of the molecule is CCc1ccccc1N=C(N)c1ccccc1.Cl. The molecule has 0 aliphatic rings. The van der Waals surface area contributed by atoms with Gasteiger partial charge in [0.25, 0.3) is 0 Å². The average Bonchev–Trinajstić information content (AvgIpc) is 2.40. The highest BCUT2D eigenvalue weighted by Gasteiger charge is 2.00. The molecule has 0 bridgehead atoms. The summed E-state index contributed by atoms with van der Waals surface area (Å²) in [6, 6.07) is 17.9. The van der Waals surface area contributed by atoms with Crippen LogP contribution in [0.15, 0.2) is 59.6 Å². The van der Waals surface area contributed by atoms with E-state index in [4.69, 9.17) is 5.73 Å². The van der Waals surface area contributed by atoms with Gasteiger partial charge in [-0.05, 0) is 18.1 Å². The van der Waals surface area contributed by atoms with Gasteiger partial charge in [-0.3, -0.25) is 0 Å². The molecule has 2 rings (SSSR count). The third-order valence-electron chi connectivity index (χ3n) is 2.68. The second kappa shape index (κ2) is 6.82. The fourth-order valence-corrected chi connectivity index (χ4v) is 1.72. The molecule has 0 unspecified atom stereocenters. The van der Waals surface area contributed by atoms with E-state index >= 15 is 0 Å². The molecule has 0 spiro atoms. The molecule has 0 radical (unpaired) electrons. The lowest BCUT2D eigenvalue weighted by Crippen LogP contribution is -2.12. The smallest absolute Gasteiger partial charge is 0.131 e. The average molecular weight is 261 g/mol. The quantitative estimate of drug-likeness (QED) is 0.663. The Balaban J connectivity index is 0.00000162. The molecule has 0 saturated carbocycles. The van der Waals surface area contributed by atoms with E-state index in [0.717, 1.165) is 17.7 Å². The van der Waals surface area contributed by atoms with E-state index in [1.165, 1.54) is 5.56 Å². The fraction of sp³-hybridized carbons (Fsp3) is 0.133. The van der Waals surface area contributed by atoms with Gasteiger partial charge in [0.1, 0.15) is 5.84 Å². The molecule has 2 nitrogen and oxygen atoms in total. The van der Waals surface area contributed by atoms with E-state index in [9.17, 15) is 0 Å². The highest BCUT2D eigenvalue weighted by atomic mass is 35.5. The van der Waals surface area contributed by atoms with E-state index in [1.807, 2.05) is 48.5 Å². The minimum atomic E-state index is 0. The van der Waals surface area contributed by atoms with Crippen molar-refractivity contribution in [2.45, 2.75) is 13.3 Å². The van der Waals surface area contributed by atoms with Crippen molar-refractivity contribution in [1.82, 2.24) is 0 Å². The molecule has 0 fully saturated rings. The van der Waals surface area contributed by atoms with Gasteiger partial charge in [0.2, 0.25) is 0 Å². The van der Waals surface area contributed by atoms with Crippen LogP contribution in [0.4, 0.5) is 5.69 Å². The first-order chi connectivity index (χ1) is 8.31. The lowest BCUT2D eigenvalue weighted by Gasteiger charge is -2.04. The van der Waals surface area contributed by atoms with E-state index in [1.54, 1.807) is 0 Å². The molecule has 3 heteroatoms. The molecule has 0 aliphatic carbocycles. The molecule has 0 amide bonds. The Bertz CT molecular complexity index is 521. The first-order valence-electron chi connectivity index (χ1n) is 5.78. The molecule has 0 atom stereocenters. The van der Waals surface area contributed by atoms with E-state index in [-0.39, 0.29) is 12.4 Å². The number of amidine groups is 1. The number of benzene rings is 2. The van der Waals surface area contributed by atoms with Gasteiger partial charge >= 0.3 is 0 Å². The highest BCUT2D eigenvalue weighted by Crippen LogP contribution is 2.19. The van der Waals surface area contributed by atoms with E-state index < -0.39 is 0 Å². The van der Waals surface area contributed by atoms with Crippen LogP contribution >= 0.6 is 12.4 Å². The van der Waals surface area contributed by atoms with Gasteiger partial charge in [-0.1, -0.05) is 55.5 Å². The Morgan fingerprint density at radius 1 is 1.00 bits per heavy atom. The van der Waals surface area contributed by atoms with Gasteiger partial charge in [-0.2, -0.15) is 0 Å². The minimum Gasteiger partial charge on any atom is -0.383 e. The predicted molar refractivity (Wildman–Crippen MR) is 79.9 cm³/mol. The molecule has 2 aromatic carbocycles. The van der Waals surface area contributed by atoms with Crippen LogP contribution in [-0.2, 0) is 6.42 Å². The Hall–Kier alpha value is -1.80. The fourth-order valence-electron chi connectivity index (χ4n) is 1.72. The van der Waals surface area contributed by atoms with Crippen LogP contribution in [0, 0.1) is 0 Å². The summed E-state index contributed by atoms with van der Waals surface area (Å²) in [5.74, 6) is 0.562. The Kier molecular flexibility index (Phi) is 5.40. The summed E-state index contributed by atoms with van der Waals surface area (Å²) in [6.07, 6.45) is 0.960. The number of aryl methyl sites for hydroxylation is 1. The van der Waals surface area contributed by atoms with Gasteiger partial charge in [-0.15, -0.1) is 12.4 Å². The van der Waals surface area contributed by atoms with Crippen LogP contribution < -0.4 is 5.73 Å². The zero-order chi connectivity index (χ0) is 12.1. The van der Waals surface area contributed by atoms with Crippen LogP contribution in [0.25, 0.3) is 0 Å². The topological polar surface area (TPSA) is 38.4 Å². The largest absolute Gasteiger partial charge is 0.383 e. The van der Waals surface area contributed by atoms with Crippen molar-refractivity contribution in [3.05, 3.63) is 65.7 Å². The third-order valence-corrected chi connectivity index (χ3v) is 2.68. The normalized spacial score (nSPS) is 10.8. The van der Waals surface area contributed by atoms with Crippen LogP contribution in [0.3, 0.4) is 0 Å². The molecule has 2 N–H and O–H groups in total. The summed E-state index contributed by atoms with van der Waals surface area (Å²) < 4.78 is 0. The van der Waals surface area contributed by atoms with Gasteiger partial charge in [0.15, 0.2) is 0 Å². The summed E-state index contributed by atoms with van der Waals surface area (Å²) in [6.45, 7) is 2.12. The Morgan fingerprint density at radius 2 is 1.61 bits per heavy atom. The summed E-state index contributed by atoms with van der Waals surface area (Å²) in [4.78, 5) is 4.49. The van der Waals surface area contributed by atoms with Crippen molar-refractivity contribution >= 4 is 23.9 Å². The van der Waals surface area contributed by atoms with Gasteiger partial charge in [0.05, 0.1) is 5.69 Å². The van der Waals surface area contributed by atoms with Crippen LogP contribution in [0.5, 0.6) is 0 Å². The van der Waals surface area contributed by atoms with Crippen LogP contribution in [0.1, 0.15) is 18.1 Å². The first-order valence-corrected chi connectivity index (χ1v) is 5.78. The number of rotatable bonds is 3. The number of nitrogens with two attached hydrogens (primary N) is 1. The van der Waals surface area contributed by atoms with Gasteiger partial charge in [-0.25, -0.2) is 4.99 Å². The molecule has 0 saturated heterocycles. The first kappa shape index (κ1) is 14.3. The number of halogens is 1. The second-order valence-electron chi connectivity index (χ2n) is 3.85. The summed E-state index contributed by atoms with van der Waals surface area (Å²) in [5.41, 5.74) is 9.13. The molecule has 0 aliphatic heterocycles. The molecule has 0 aromatic heterocycles. The van der Waals surface area contributed by atoms with Crippen LogP contribution in [-0.4, -0.2) is 5.84 Å². The summed E-state index contributed by atoms with van der Waals surface area (Å²) in [5, 5.41) is 0. The highest BCUT2D eigenvalue weighted by molar-refractivity contribution is 5.99. The Labute approximate surface area is 114 Å². The molecular formula is C15H17ClN2. The van der Waals surface area contributed by atoms with Crippen molar-refractivity contribution in [3.8, 4) is 0 Å². The van der Waals surface area contributed by atoms with Gasteiger partial charge in [0, 0.05) is 5.56 Å². The second-order valence-corrected chi connectivity index (χ2v) is 3.85.